The van der Waals surface area contributed by atoms with Crippen molar-refractivity contribution in [2.75, 3.05) is 13.7 Å². The molecular weight excluding hydrogens is 282 g/mol. The van der Waals surface area contributed by atoms with Gasteiger partial charge in [0.25, 0.3) is 0 Å². The molecule has 1 rings (SSSR count). The average molecular weight is 309 g/mol. The second-order valence-corrected chi connectivity index (χ2v) is 5.86. The molecule has 0 amide bonds. The molecule has 0 aliphatic carbocycles. The highest BCUT2D eigenvalue weighted by Gasteiger charge is 2.28. The third kappa shape index (κ3) is 6.13. The molecule has 1 aromatic rings. The molecule has 3 N–H and O–H groups in total. The molecule has 0 aromatic heterocycles. The van der Waals surface area contributed by atoms with Crippen LogP contribution in [-0.4, -0.2) is 36.9 Å². The number of nitrogens with two attached hydrogens (primary N) is 1. The van der Waals surface area contributed by atoms with E-state index in [2.05, 4.69) is 0 Å². The summed E-state index contributed by atoms with van der Waals surface area (Å²) in [6, 6.07) is 9.48. The van der Waals surface area contributed by atoms with Gasteiger partial charge in [0.15, 0.2) is 0 Å². The van der Waals surface area contributed by atoms with Crippen LogP contribution in [0.15, 0.2) is 30.3 Å². The summed E-state index contributed by atoms with van der Waals surface area (Å²) in [4.78, 5) is 11.3. The number of carboxylic acid groups (broad SMARTS) is 1. The molecule has 3 unspecified atom stereocenters. The summed E-state index contributed by atoms with van der Waals surface area (Å²) in [5, 5.41) is 9.27. The lowest BCUT2D eigenvalue weighted by atomic mass is 9.88. The van der Waals surface area contributed by atoms with Gasteiger partial charge in [-0.2, -0.15) is 0 Å². The van der Waals surface area contributed by atoms with Crippen LogP contribution in [0.25, 0.3) is 0 Å². The van der Waals surface area contributed by atoms with Gasteiger partial charge in [-0.05, 0) is 17.9 Å². The Morgan fingerprint density at radius 2 is 1.91 bits per heavy atom. The zero-order valence-corrected chi connectivity index (χ0v) is 13.6. The van der Waals surface area contributed by atoms with E-state index in [1.165, 1.54) is 0 Å². The van der Waals surface area contributed by atoms with Crippen LogP contribution in [-0.2, 0) is 20.9 Å². The van der Waals surface area contributed by atoms with E-state index < -0.39 is 11.9 Å². The van der Waals surface area contributed by atoms with Crippen LogP contribution in [0, 0.1) is 11.8 Å². The number of aliphatic carboxylic acids is 1. The monoisotopic (exact) mass is 309 g/mol. The van der Waals surface area contributed by atoms with Gasteiger partial charge in [-0.3, -0.25) is 4.79 Å². The second kappa shape index (κ2) is 9.56. The summed E-state index contributed by atoms with van der Waals surface area (Å²) in [7, 11) is 1.56. The number of hydrogen-bond acceptors (Lipinski definition) is 4. The number of carboxylic acids is 1. The van der Waals surface area contributed by atoms with Gasteiger partial charge in [0.2, 0.25) is 0 Å². The van der Waals surface area contributed by atoms with Crippen molar-refractivity contribution in [3.63, 3.8) is 0 Å². The molecule has 22 heavy (non-hydrogen) atoms. The van der Waals surface area contributed by atoms with Crippen LogP contribution in [0.3, 0.4) is 0 Å². The minimum Gasteiger partial charge on any atom is -0.481 e. The van der Waals surface area contributed by atoms with Crippen LogP contribution in [0.4, 0.5) is 0 Å². The molecule has 0 heterocycles. The van der Waals surface area contributed by atoms with E-state index in [0.717, 1.165) is 5.56 Å². The number of benzene rings is 1. The van der Waals surface area contributed by atoms with Crippen LogP contribution >= 0.6 is 0 Å². The van der Waals surface area contributed by atoms with Gasteiger partial charge in [0, 0.05) is 7.11 Å². The molecule has 0 spiro atoms. The second-order valence-electron chi connectivity index (χ2n) is 5.86. The van der Waals surface area contributed by atoms with E-state index in [1.54, 1.807) is 7.11 Å². The van der Waals surface area contributed by atoms with Gasteiger partial charge in [-0.1, -0.05) is 44.2 Å². The topological polar surface area (TPSA) is 81.8 Å². The lowest BCUT2D eigenvalue weighted by Gasteiger charge is -2.26. The Morgan fingerprint density at radius 1 is 1.27 bits per heavy atom. The molecule has 0 radical (unpaired) electrons. The van der Waals surface area contributed by atoms with Crippen molar-refractivity contribution in [1.82, 2.24) is 0 Å². The van der Waals surface area contributed by atoms with Crippen LogP contribution in [0.2, 0.25) is 0 Å². The van der Waals surface area contributed by atoms with Crippen LogP contribution < -0.4 is 5.73 Å². The van der Waals surface area contributed by atoms with E-state index in [0.29, 0.717) is 19.6 Å². The number of methoxy groups -OCH3 is 1. The minimum absolute atomic E-state index is 0.0348. The first-order valence-electron chi connectivity index (χ1n) is 7.58. The largest absolute Gasteiger partial charge is 0.481 e. The van der Waals surface area contributed by atoms with Crippen molar-refractivity contribution < 1.29 is 19.4 Å². The predicted octanol–water partition coefficient (Wildman–Crippen LogP) is 2.29. The molecule has 0 saturated heterocycles. The number of carbonyl (C=O) groups is 1. The lowest BCUT2D eigenvalue weighted by Crippen LogP contribution is -2.42. The van der Waals surface area contributed by atoms with Gasteiger partial charge in [-0.25, -0.2) is 0 Å². The van der Waals surface area contributed by atoms with Crippen molar-refractivity contribution in [2.45, 2.75) is 39.0 Å². The Morgan fingerprint density at radius 3 is 2.41 bits per heavy atom. The highest BCUT2D eigenvalue weighted by atomic mass is 16.5. The van der Waals surface area contributed by atoms with Gasteiger partial charge < -0.3 is 20.3 Å². The Kier molecular flexibility index (Phi) is 8.09. The summed E-state index contributed by atoms with van der Waals surface area (Å²) in [6.07, 6.45) is 0.0543. The lowest BCUT2D eigenvalue weighted by molar-refractivity contribution is -0.145. The van der Waals surface area contributed by atoms with Gasteiger partial charge >= 0.3 is 5.97 Å². The third-order valence-corrected chi connectivity index (χ3v) is 3.81. The van der Waals surface area contributed by atoms with E-state index in [4.69, 9.17) is 15.2 Å². The van der Waals surface area contributed by atoms with Crippen LogP contribution in [0.1, 0.15) is 25.8 Å². The van der Waals surface area contributed by atoms with E-state index >= 15 is 0 Å². The molecule has 0 bridgehead atoms. The number of hydrogen-bond donors (Lipinski definition) is 2. The fraction of sp³-hybridized carbons (Fsp3) is 0.588. The summed E-state index contributed by atoms with van der Waals surface area (Å²) < 4.78 is 11.0. The standard InChI is InChI=1S/C17H27NO4/c1-12(2)14(17(19)20)9-16(21-3)15(18)11-22-10-13-7-5-4-6-8-13/h4-8,12,14-16H,9-11,18H2,1-3H3,(H,19,20). The maximum Gasteiger partial charge on any atom is 0.306 e. The van der Waals surface area contributed by atoms with Crippen molar-refractivity contribution in [3.05, 3.63) is 35.9 Å². The highest BCUT2D eigenvalue weighted by molar-refractivity contribution is 5.70. The Hall–Kier alpha value is -1.43. The molecule has 0 aliphatic rings. The molecule has 5 nitrogen and oxygen atoms in total. The summed E-state index contributed by atoms with van der Waals surface area (Å²) in [6.45, 7) is 4.60. The third-order valence-electron chi connectivity index (χ3n) is 3.81. The Balaban J connectivity index is 2.46. The molecular formula is C17H27NO4. The van der Waals surface area contributed by atoms with E-state index in [9.17, 15) is 9.90 Å². The molecule has 124 valence electrons. The Labute approximate surface area is 132 Å². The molecule has 5 heteroatoms. The normalized spacial score (nSPS) is 15.5. The maximum atomic E-state index is 11.3. The molecule has 0 fully saturated rings. The van der Waals surface area contributed by atoms with Gasteiger partial charge in [-0.15, -0.1) is 0 Å². The van der Waals surface area contributed by atoms with E-state index in [1.807, 2.05) is 44.2 Å². The van der Waals surface area contributed by atoms with Gasteiger partial charge in [0.05, 0.1) is 31.3 Å². The first-order chi connectivity index (χ1) is 10.5. The van der Waals surface area contributed by atoms with Crippen molar-refractivity contribution in [2.24, 2.45) is 17.6 Å². The van der Waals surface area contributed by atoms with Gasteiger partial charge in [0.1, 0.15) is 0 Å². The van der Waals surface area contributed by atoms with Crippen molar-refractivity contribution >= 4 is 5.97 Å². The van der Waals surface area contributed by atoms with Crippen molar-refractivity contribution in [3.8, 4) is 0 Å². The first-order valence-corrected chi connectivity index (χ1v) is 7.58. The Bertz CT molecular complexity index is 436. The maximum absolute atomic E-state index is 11.3. The fourth-order valence-corrected chi connectivity index (χ4v) is 2.35. The minimum atomic E-state index is -0.811. The molecule has 0 aliphatic heterocycles. The molecule has 1 aromatic carbocycles. The summed E-state index contributed by atoms with van der Waals surface area (Å²) in [5.41, 5.74) is 7.18. The smallest absolute Gasteiger partial charge is 0.306 e. The first kappa shape index (κ1) is 18.6. The summed E-state index contributed by atoms with van der Waals surface area (Å²) in [5.74, 6) is -1.24. The fourth-order valence-electron chi connectivity index (χ4n) is 2.35. The zero-order valence-electron chi connectivity index (χ0n) is 13.6. The molecule has 3 atom stereocenters. The van der Waals surface area contributed by atoms with Crippen LogP contribution in [0.5, 0.6) is 0 Å². The average Bonchev–Trinajstić information content (AvgIpc) is 2.48. The quantitative estimate of drug-likeness (QED) is 0.693. The molecule has 0 saturated carbocycles. The van der Waals surface area contributed by atoms with E-state index in [-0.39, 0.29) is 18.1 Å². The predicted molar refractivity (Wildman–Crippen MR) is 85.5 cm³/mol. The SMILES string of the molecule is COC(CC(C(=O)O)C(C)C)C(N)COCc1ccccc1. The van der Waals surface area contributed by atoms with Crippen molar-refractivity contribution in [1.29, 1.82) is 0 Å². The number of rotatable bonds is 10. The number of ether oxygens (including phenoxy) is 2. The summed E-state index contributed by atoms with van der Waals surface area (Å²) >= 11 is 0. The highest BCUT2D eigenvalue weighted by Crippen LogP contribution is 2.20. The zero-order chi connectivity index (χ0) is 16.5.